The molecule has 0 saturated carbocycles. The van der Waals surface area contributed by atoms with Crippen molar-refractivity contribution in [2.45, 2.75) is 5.88 Å². The number of alkyl halides is 1. The van der Waals surface area contributed by atoms with Gasteiger partial charge in [-0.3, -0.25) is 0 Å². The summed E-state index contributed by atoms with van der Waals surface area (Å²) in [7, 11) is 0. The predicted molar refractivity (Wildman–Crippen MR) is 59.0 cm³/mol. The van der Waals surface area contributed by atoms with Crippen LogP contribution < -0.4 is 0 Å². The molecule has 0 nitrogen and oxygen atoms in total. The van der Waals surface area contributed by atoms with E-state index in [-0.39, 0.29) is 11.7 Å². The molecule has 0 unspecified atom stereocenters. The smallest absolute Gasteiger partial charge is 0.143 e. The van der Waals surface area contributed by atoms with Gasteiger partial charge < -0.3 is 0 Å². The Hall–Kier alpha value is -0.120. The predicted octanol–water partition coefficient (Wildman–Crippen LogP) is 4.54. The lowest BCUT2D eigenvalue weighted by atomic mass is 10.2. The van der Waals surface area contributed by atoms with Crippen molar-refractivity contribution < 1.29 is 4.39 Å². The van der Waals surface area contributed by atoms with Gasteiger partial charge in [0.25, 0.3) is 0 Å². The van der Waals surface area contributed by atoms with Gasteiger partial charge in [0.2, 0.25) is 0 Å². The summed E-state index contributed by atoms with van der Waals surface area (Å²) in [6.45, 7) is 0. The summed E-state index contributed by atoms with van der Waals surface area (Å²) in [6, 6.07) is 3.75. The molecule has 0 aliphatic carbocycles. The molecule has 0 aliphatic rings. The number of benzene rings is 1. The van der Waals surface area contributed by atoms with E-state index in [1.807, 2.05) is 11.4 Å². The molecule has 2 aromatic rings. The maximum absolute atomic E-state index is 13.5. The van der Waals surface area contributed by atoms with Crippen LogP contribution in [-0.4, -0.2) is 0 Å². The molecule has 0 fully saturated rings. The average molecular weight is 280 g/mol. The van der Waals surface area contributed by atoms with E-state index in [1.165, 1.54) is 11.3 Å². The summed E-state index contributed by atoms with van der Waals surface area (Å²) in [5.74, 6) is -0.0408. The molecule has 0 atom stereocenters. The fourth-order valence-electron chi connectivity index (χ4n) is 1.20. The van der Waals surface area contributed by atoms with Crippen LogP contribution in [0, 0.1) is 5.82 Å². The van der Waals surface area contributed by atoms with Gasteiger partial charge in [0.15, 0.2) is 0 Å². The Kier molecular flexibility index (Phi) is 2.58. The van der Waals surface area contributed by atoms with E-state index in [4.69, 9.17) is 11.6 Å². The molecule has 13 heavy (non-hydrogen) atoms. The van der Waals surface area contributed by atoms with E-state index >= 15 is 0 Å². The minimum absolute atomic E-state index is 0.205. The maximum Gasteiger partial charge on any atom is 0.143 e. The van der Waals surface area contributed by atoms with Crippen LogP contribution in [0.5, 0.6) is 0 Å². The van der Waals surface area contributed by atoms with E-state index < -0.39 is 0 Å². The number of rotatable bonds is 1. The second-order valence-electron chi connectivity index (χ2n) is 2.64. The third kappa shape index (κ3) is 1.49. The molecule has 4 heteroatoms. The van der Waals surface area contributed by atoms with Gasteiger partial charge in [-0.05, 0) is 38.8 Å². The zero-order chi connectivity index (χ0) is 9.42. The first-order valence-corrected chi connectivity index (χ1v) is 5.85. The van der Waals surface area contributed by atoms with Crippen molar-refractivity contribution in [3.63, 3.8) is 0 Å². The van der Waals surface area contributed by atoms with Crippen molar-refractivity contribution >= 4 is 49.0 Å². The van der Waals surface area contributed by atoms with Crippen molar-refractivity contribution in [3.05, 3.63) is 33.4 Å². The molecule has 1 heterocycles. The van der Waals surface area contributed by atoms with E-state index in [0.717, 1.165) is 10.1 Å². The van der Waals surface area contributed by atoms with Crippen LogP contribution in [0.4, 0.5) is 4.39 Å². The third-order valence-electron chi connectivity index (χ3n) is 1.84. The molecular formula is C9H5BrClFS. The molecular weight excluding hydrogens is 275 g/mol. The fourth-order valence-corrected chi connectivity index (χ4v) is 2.97. The number of thiophene rings is 1. The molecule has 0 saturated heterocycles. The number of halogens is 3. The van der Waals surface area contributed by atoms with Crippen molar-refractivity contribution in [1.82, 2.24) is 0 Å². The third-order valence-corrected chi connectivity index (χ3v) is 4.09. The van der Waals surface area contributed by atoms with Gasteiger partial charge in [-0.15, -0.1) is 22.9 Å². The molecule has 0 bridgehead atoms. The van der Waals surface area contributed by atoms with Gasteiger partial charge >= 0.3 is 0 Å². The highest BCUT2D eigenvalue weighted by molar-refractivity contribution is 9.10. The minimum Gasteiger partial charge on any atom is -0.205 e. The lowest BCUT2D eigenvalue weighted by Gasteiger charge is -2.02. The van der Waals surface area contributed by atoms with Crippen molar-refractivity contribution in [1.29, 1.82) is 0 Å². The average Bonchev–Trinajstić information content (AvgIpc) is 2.59. The van der Waals surface area contributed by atoms with E-state index in [1.54, 1.807) is 6.07 Å². The molecule has 0 N–H and O–H groups in total. The Morgan fingerprint density at radius 3 is 3.00 bits per heavy atom. The highest BCUT2D eigenvalue weighted by Crippen LogP contribution is 2.33. The van der Waals surface area contributed by atoms with Crippen molar-refractivity contribution in [2.24, 2.45) is 0 Å². The molecule has 1 aromatic heterocycles. The first-order valence-electron chi connectivity index (χ1n) is 3.64. The molecule has 0 spiro atoms. The Labute approximate surface area is 92.5 Å². The highest BCUT2D eigenvalue weighted by atomic mass is 79.9. The van der Waals surface area contributed by atoms with Crippen LogP contribution in [0.15, 0.2) is 22.0 Å². The van der Waals surface area contributed by atoms with Crippen LogP contribution in [0.2, 0.25) is 0 Å². The quantitative estimate of drug-likeness (QED) is 0.672. The zero-order valence-corrected chi connectivity index (χ0v) is 9.64. The second-order valence-corrected chi connectivity index (χ2v) is 4.61. The van der Waals surface area contributed by atoms with Crippen LogP contribution in [0.1, 0.15) is 5.56 Å². The molecule has 1 aromatic carbocycles. The van der Waals surface area contributed by atoms with E-state index in [0.29, 0.717) is 10.0 Å². The highest BCUT2D eigenvalue weighted by Gasteiger charge is 2.11. The largest absolute Gasteiger partial charge is 0.205 e. The lowest BCUT2D eigenvalue weighted by Crippen LogP contribution is -1.87. The van der Waals surface area contributed by atoms with Gasteiger partial charge in [-0.1, -0.05) is 0 Å². The maximum atomic E-state index is 13.5. The molecule has 0 amide bonds. The molecule has 0 aliphatic heterocycles. The topological polar surface area (TPSA) is 0 Å². The Morgan fingerprint density at radius 2 is 2.31 bits per heavy atom. The van der Waals surface area contributed by atoms with Crippen LogP contribution >= 0.6 is 38.9 Å². The second kappa shape index (κ2) is 3.56. The van der Waals surface area contributed by atoms with Gasteiger partial charge in [0.1, 0.15) is 5.82 Å². The standard InChI is InChI=1S/C9H5BrClFS/c10-7-8(12)6(4-11)3-5-1-2-13-9(5)7/h1-3H,4H2. The molecule has 0 radical (unpaired) electrons. The van der Waals surface area contributed by atoms with Gasteiger partial charge in [-0.25, -0.2) is 4.39 Å². The summed E-state index contributed by atoms with van der Waals surface area (Å²) in [6.07, 6.45) is 0. The Morgan fingerprint density at radius 1 is 1.54 bits per heavy atom. The summed E-state index contributed by atoms with van der Waals surface area (Å²) in [5, 5.41) is 2.97. The zero-order valence-electron chi connectivity index (χ0n) is 6.48. The van der Waals surface area contributed by atoms with Crippen LogP contribution in [0.3, 0.4) is 0 Å². The first-order chi connectivity index (χ1) is 6.24. The summed E-state index contributed by atoms with van der Waals surface area (Å²) in [4.78, 5) is 0. The van der Waals surface area contributed by atoms with Gasteiger partial charge in [0, 0.05) is 5.56 Å². The van der Waals surface area contributed by atoms with Crippen molar-refractivity contribution in [2.75, 3.05) is 0 Å². The summed E-state index contributed by atoms with van der Waals surface area (Å²) in [5.41, 5.74) is 0.541. The summed E-state index contributed by atoms with van der Waals surface area (Å²) < 4.78 is 14.9. The fraction of sp³-hybridized carbons (Fsp3) is 0.111. The Balaban J connectivity index is 2.83. The van der Waals surface area contributed by atoms with Crippen LogP contribution in [0.25, 0.3) is 10.1 Å². The van der Waals surface area contributed by atoms with Crippen LogP contribution in [-0.2, 0) is 5.88 Å². The normalized spacial score (nSPS) is 11.0. The number of hydrogen-bond donors (Lipinski definition) is 0. The summed E-state index contributed by atoms with van der Waals surface area (Å²) >= 11 is 10.4. The van der Waals surface area contributed by atoms with Crippen molar-refractivity contribution in [3.8, 4) is 0 Å². The first kappa shape index (κ1) is 9.44. The van der Waals surface area contributed by atoms with E-state index in [2.05, 4.69) is 15.9 Å². The number of hydrogen-bond acceptors (Lipinski definition) is 1. The lowest BCUT2D eigenvalue weighted by molar-refractivity contribution is 0.613. The minimum atomic E-state index is -0.245. The van der Waals surface area contributed by atoms with Gasteiger partial charge in [0.05, 0.1) is 15.1 Å². The SMILES string of the molecule is Fc1c(CCl)cc2ccsc2c1Br. The van der Waals surface area contributed by atoms with Gasteiger partial charge in [-0.2, -0.15) is 0 Å². The Bertz CT molecular complexity index is 452. The monoisotopic (exact) mass is 278 g/mol. The number of fused-ring (bicyclic) bond motifs is 1. The molecule has 68 valence electrons. The van der Waals surface area contributed by atoms with E-state index in [9.17, 15) is 4.39 Å². The molecule has 2 rings (SSSR count).